The molecule has 0 aromatic heterocycles. The van der Waals surface area contributed by atoms with Crippen molar-refractivity contribution in [3.63, 3.8) is 0 Å². The number of benzene rings is 1. The third kappa shape index (κ3) is 3.43. The van der Waals surface area contributed by atoms with Crippen LogP contribution in [0.3, 0.4) is 0 Å². The molecule has 2 N–H and O–H groups in total. The first-order valence-corrected chi connectivity index (χ1v) is 7.34. The molecule has 21 heavy (non-hydrogen) atoms. The number of likely N-dealkylation sites (tertiary alicyclic amines) is 1. The van der Waals surface area contributed by atoms with E-state index in [0.717, 1.165) is 19.4 Å². The predicted octanol–water partition coefficient (Wildman–Crippen LogP) is 2.40. The van der Waals surface area contributed by atoms with Gasteiger partial charge in [-0.05, 0) is 37.0 Å². The lowest BCUT2D eigenvalue weighted by atomic mass is 10.0. The molecule has 1 heterocycles. The zero-order valence-corrected chi connectivity index (χ0v) is 12.5. The Hall–Kier alpha value is -1.86. The Bertz CT molecular complexity index is 586. The number of rotatable bonds is 2. The van der Waals surface area contributed by atoms with Crippen molar-refractivity contribution < 1.29 is 9.18 Å². The molecule has 1 unspecified atom stereocenters. The van der Waals surface area contributed by atoms with Crippen molar-refractivity contribution in [2.24, 2.45) is 11.7 Å². The third-order valence-corrected chi connectivity index (χ3v) is 3.87. The number of carbonyl (C=O) groups is 1. The fourth-order valence-corrected chi connectivity index (χ4v) is 2.80. The molecule has 1 fully saturated rings. The normalized spacial score (nSPS) is 17.8. The zero-order valence-electron chi connectivity index (χ0n) is 12.5. The minimum Gasteiger partial charge on any atom is -0.335 e. The Morgan fingerprint density at radius 2 is 2.29 bits per heavy atom. The van der Waals surface area contributed by atoms with Crippen LogP contribution in [0.2, 0.25) is 0 Å². The van der Waals surface area contributed by atoms with Crippen LogP contribution in [-0.4, -0.2) is 29.9 Å². The lowest BCUT2D eigenvalue weighted by Gasteiger charge is -2.27. The Balaban J connectivity index is 2.22. The second-order valence-corrected chi connectivity index (χ2v) is 5.65. The van der Waals surface area contributed by atoms with E-state index in [1.807, 2.05) is 4.90 Å². The molecule has 0 radical (unpaired) electrons. The van der Waals surface area contributed by atoms with Crippen molar-refractivity contribution in [1.29, 1.82) is 0 Å². The predicted molar refractivity (Wildman–Crippen MR) is 81.2 cm³/mol. The summed E-state index contributed by atoms with van der Waals surface area (Å²) in [7, 11) is 0. The maximum atomic E-state index is 14.0. The van der Waals surface area contributed by atoms with E-state index in [4.69, 9.17) is 5.73 Å². The zero-order chi connectivity index (χ0) is 15.4. The van der Waals surface area contributed by atoms with Gasteiger partial charge < -0.3 is 10.6 Å². The fourth-order valence-electron chi connectivity index (χ4n) is 2.80. The lowest BCUT2D eigenvalue weighted by molar-refractivity contribution is 0.0701. The number of nitrogens with zero attached hydrogens (tertiary/aromatic N) is 1. The summed E-state index contributed by atoms with van der Waals surface area (Å²) in [5.74, 6) is 5.12. The molecule has 1 atom stereocenters. The second-order valence-electron chi connectivity index (χ2n) is 5.65. The van der Waals surface area contributed by atoms with E-state index < -0.39 is 5.82 Å². The molecule has 112 valence electrons. The number of hydrogen-bond donors (Lipinski definition) is 1. The number of nitrogens with two attached hydrogens (primary N) is 1. The summed E-state index contributed by atoms with van der Waals surface area (Å²) in [6.07, 6.45) is 2.03. The van der Waals surface area contributed by atoms with Crippen molar-refractivity contribution in [3.8, 4) is 11.8 Å². The average molecular weight is 288 g/mol. The van der Waals surface area contributed by atoms with Crippen LogP contribution in [0, 0.1) is 23.6 Å². The number of amides is 1. The summed E-state index contributed by atoms with van der Waals surface area (Å²) in [6, 6.07) is 4.71. The van der Waals surface area contributed by atoms with Crippen LogP contribution in [0.15, 0.2) is 18.2 Å². The third-order valence-electron chi connectivity index (χ3n) is 3.87. The molecule has 3 nitrogen and oxygen atoms in total. The van der Waals surface area contributed by atoms with Crippen LogP contribution in [0.5, 0.6) is 0 Å². The molecule has 0 aliphatic carbocycles. The highest BCUT2D eigenvalue weighted by atomic mass is 19.1. The molecule has 1 amide bonds. The molecular weight excluding hydrogens is 267 g/mol. The van der Waals surface area contributed by atoms with E-state index in [1.54, 1.807) is 12.1 Å². The van der Waals surface area contributed by atoms with Crippen LogP contribution < -0.4 is 5.73 Å². The van der Waals surface area contributed by atoms with Gasteiger partial charge in [0.25, 0.3) is 5.91 Å². The van der Waals surface area contributed by atoms with E-state index in [0.29, 0.717) is 11.5 Å². The van der Waals surface area contributed by atoms with Gasteiger partial charge in [-0.25, -0.2) is 4.39 Å². The first kappa shape index (κ1) is 15.5. The molecule has 2 rings (SSSR count). The highest BCUT2D eigenvalue weighted by Gasteiger charge is 2.31. The standard InChI is InChI=1S/C17H21FN2O/c1-12(2)16-6-4-10-20(16)17(21)14-8-7-13(5-3-9-19)15(18)11-14/h7-8,11-12,16H,4,6,9-10,19H2,1-2H3. The highest BCUT2D eigenvalue weighted by Crippen LogP contribution is 2.26. The van der Waals surface area contributed by atoms with Crippen molar-refractivity contribution in [1.82, 2.24) is 4.90 Å². The minimum absolute atomic E-state index is 0.0940. The number of hydrogen-bond acceptors (Lipinski definition) is 2. The topological polar surface area (TPSA) is 46.3 Å². The van der Waals surface area contributed by atoms with Gasteiger partial charge >= 0.3 is 0 Å². The summed E-state index contributed by atoms with van der Waals surface area (Å²) >= 11 is 0. The fraction of sp³-hybridized carbons (Fsp3) is 0.471. The van der Waals surface area contributed by atoms with Crippen molar-refractivity contribution in [2.45, 2.75) is 32.7 Å². The van der Waals surface area contributed by atoms with Gasteiger partial charge in [-0.15, -0.1) is 0 Å². The summed E-state index contributed by atoms with van der Waals surface area (Å²) in [5.41, 5.74) is 5.94. The molecule has 1 aliphatic rings. The number of carbonyl (C=O) groups excluding carboxylic acids is 1. The average Bonchev–Trinajstić information content (AvgIpc) is 2.94. The Labute approximate surface area is 125 Å². The van der Waals surface area contributed by atoms with E-state index in [2.05, 4.69) is 25.7 Å². The van der Waals surface area contributed by atoms with Gasteiger partial charge in [0.1, 0.15) is 5.82 Å². The van der Waals surface area contributed by atoms with Gasteiger partial charge in [0, 0.05) is 18.2 Å². The first-order chi connectivity index (χ1) is 10.0. The molecule has 1 aliphatic heterocycles. The maximum absolute atomic E-state index is 14.0. The van der Waals surface area contributed by atoms with Crippen LogP contribution in [0.1, 0.15) is 42.6 Å². The lowest BCUT2D eigenvalue weighted by Crippen LogP contribution is -2.38. The SMILES string of the molecule is CC(C)C1CCCN1C(=O)c1ccc(C#CCN)c(F)c1. The maximum Gasteiger partial charge on any atom is 0.254 e. The van der Waals surface area contributed by atoms with Gasteiger partial charge in [-0.1, -0.05) is 25.7 Å². The molecule has 1 saturated heterocycles. The van der Waals surface area contributed by atoms with E-state index in [1.165, 1.54) is 6.07 Å². The molecule has 1 aromatic carbocycles. The van der Waals surface area contributed by atoms with Crippen LogP contribution in [-0.2, 0) is 0 Å². The van der Waals surface area contributed by atoms with Crippen molar-refractivity contribution >= 4 is 5.91 Å². The molecular formula is C17H21FN2O. The summed E-state index contributed by atoms with van der Waals surface area (Å²) in [5, 5.41) is 0. The molecule has 1 aromatic rings. The van der Waals surface area contributed by atoms with E-state index in [-0.39, 0.29) is 24.1 Å². The molecule has 0 bridgehead atoms. The second kappa shape index (κ2) is 6.73. The summed E-state index contributed by atoms with van der Waals surface area (Å²) < 4.78 is 14.0. The van der Waals surface area contributed by atoms with Gasteiger partial charge in [-0.3, -0.25) is 4.79 Å². The van der Waals surface area contributed by atoms with Crippen LogP contribution >= 0.6 is 0 Å². The van der Waals surface area contributed by atoms with Gasteiger partial charge in [0.2, 0.25) is 0 Å². The molecule has 0 spiro atoms. The molecule has 0 saturated carbocycles. The first-order valence-electron chi connectivity index (χ1n) is 7.34. The summed E-state index contributed by atoms with van der Waals surface area (Å²) in [6.45, 7) is 5.16. The Kier molecular flexibility index (Phi) is 4.98. The summed E-state index contributed by atoms with van der Waals surface area (Å²) in [4.78, 5) is 14.4. The van der Waals surface area contributed by atoms with E-state index >= 15 is 0 Å². The Morgan fingerprint density at radius 3 is 2.90 bits per heavy atom. The largest absolute Gasteiger partial charge is 0.335 e. The quantitative estimate of drug-likeness (QED) is 0.849. The van der Waals surface area contributed by atoms with Gasteiger partial charge in [0.15, 0.2) is 0 Å². The van der Waals surface area contributed by atoms with Crippen molar-refractivity contribution in [3.05, 3.63) is 35.1 Å². The van der Waals surface area contributed by atoms with Crippen molar-refractivity contribution in [2.75, 3.05) is 13.1 Å². The van der Waals surface area contributed by atoms with E-state index in [9.17, 15) is 9.18 Å². The number of halogens is 1. The van der Waals surface area contributed by atoms with Crippen LogP contribution in [0.4, 0.5) is 4.39 Å². The van der Waals surface area contributed by atoms with Gasteiger partial charge in [0.05, 0.1) is 12.1 Å². The Morgan fingerprint density at radius 1 is 1.52 bits per heavy atom. The van der Waals surface area contributed by atoms with Gasteiger partial charge in [-0.2, -0.15) is 0 Å². The highest BCUT2D eigenvalue weighted by molar-refractivity contribution is 5.94. The van der Waals surface area contributed by atoms with Crippen LogP contribution in [0.25, 0.3) is 0 Å². The smallest absolute Gasteiger partial charge is 0.254 e. The molecule has 4 heteroatoms. The minimum atomic E-state index is -0.470. The monoisotopic (exact) mass is 288 g/mol.